The molecule has 7 heteroatoms. The van der Waals surface area contributed by atoms with Crippen LogP contribution in [0.2, 0.25) is 0 Å². The van der Waals surface area contributed by atoms with Gasteiger partial charge in [0.05, 0.1) is 42.8 Å². The molecule has 0 aliphatic heterocycles. The molecule has 13 rings (SSSR count). The van der Waals surface area contributed by atoms with Crippen LogP contribution in [0.25, 0.3) is 72.3 Å². The molecular weight excluding hydrogens is 1200 g/mol. The average Bonchev–Trinajstić information content (AvgIpc) is 0.789. The zero-order valence-corrected chi connectivity index (χ0v) is 48.5. The van der Waals surface area contributed by atoms with Gasteiger partial charge in [-0.25, -0.2) is 4.98 Å². The van der Waals surface area contributed by atoms with Gasteiger partial charge < -0.3 is 13.9 Å². The Labute approximate surface area is 528 Å². The minimum Gasteiger partial charge on any atom is -0.510 e. The maximum absolute atomic E-state index is 11.0. The third-order valence-electron chi connectivity index (χ3n) is 14.4. The van der Waals surface area contributed by atoms with Gasteiger partial charge in [0.1, 0.15) is 5.82 Å². The number of para-hydroxylation sites is 3. The van der Waals surface area contributed by atoms with Crippen molar-refractivity contribution in [3.8, 4) is 50.9 Å². The van der Waals surface area contributed by atoms with Crippen LogP contribution in [0.4, 0.5) is 0 Å². The molecule has 404 valence electrons. The van der Waals surface area contributed by atoms with Crippen LogP contribution in [0.15, 0.2) is 248 Å². The summed E-state index contributed by atoms with van der Waals surface area (Å²) in [7, 11) is -6.38. The van der Waals surface area contributed by atoms with E-state index in [0.29, 0.717) is 39.4 Å². The number of nitrogens with zero attached hydrogens (tertiary/aromatic N) is 4. The SMILES string of the molecule is [2H]c1c([2H])c([2H])c([Si](c2c([2H])c([2H])c([2H])c([2H])c2[2H])(c2c([2H])c([2H])c([2H])c([2H])c2[2H])c2c([2H])c([2H])c([2H])c(-c3cc(C([2H])([2H])[2H])cc(-c4cccc(C(C)(C)C)c4)c3-[n+]3[c-]n(-c4[c-]c(Oc5[c-]c6c(cc5)c5ccccc5n6-c5cc(C(C)(C)C)ccn5)ccc4)c4ccccc43)c2[2H])c([2H])c1[2H].[Pt]. The summed E-state index contributed by atoms with van der Waals surface area (Å²) in [6.45, 7) is 9.27. The molecule has 5 nitrogen and oxygen atoms in total. The maximum atomic E-state index is 11.0. The van der Waals surface area contributed by atoms with Gasteiger partial charge in [0.25, 0.3) is 6.33 Å². The van der Waals surface area contributed by atoms with E-state index < -0.39 is 167 Å². The third-order valence-corrected chi connectivity index (χ3v) is 18.4. The largest absolute Gasteiger partial charge is 0.510 e. The van der Waals surface area contributed by atoms with Crippen LogP contribution in [-0.2, 0) is 31.9 Å². The van der Waals surface area contributed by atoms with Gasteiger partial charge >= 0.3 is 0 Å². The van der Waals surface area contributed by atoms with Crippen molar-refractivity contribution in [2.75, 3.05) is 0 Å². The van der Waals surface area contributed by atoms with E-state index >= 15 is 0 Å². The van der Waals surface area contributed by atoms with Crippen molar-refractivity contribution in [1.82, 2.24) is 14.1 Å². The third kappa shape index (κ3) is 9.74. The zero-order valence-electron chi connectivity index (χ0n) is 67.2. The number of imidazole rings is 1. The fourth-order valence-electron chi connectivity index (χ4n) is 10.5. The van der Waals surface area contributed by atoms with Crippen molar-refractivity contribution < 1.29 is 60.5 Å². The van der Waals surface area contributed by atoms with Gasteiger partial charge in [0.2, 0.25) is 0 Å². The molecule has 0 unspecified atom stereocenters. The second-order valence-electron chi connectivity index (χ2n) is 21.6. The zero-order chi connectivity index (χ0) is 74.5. The van der Waals surface area contributed by atoms with Crippen LogP contribution < -0.4 is 30.1 Å². The molecule has 13 aromatic rings. The molecular formula is C75H62N4OPtSi-2. The Morgan fingerprint density at radius 1 is 0.549 bits per heavy atom. The quantitative estimate of drug-likeness (QED) is 0.0560. The first kappa shape index (κ1) is 33.9. The molecule has 0 spiro atoms. The molecule has 0 N–H and O–H groups in total. The van der Waals surface area contributed by atoms with Gasteiger partial charge in [-0.3, -0.25) is 4.57 Å². The van der Waals surface area contributed by atoms with Crippen LogP contribution >= 0.6 is 0 Å². The van der Waals surface area contributed by atoms with Crippen LogP contribution in [-0.4, -0.2) is 22.2 Å². The van der Waals surface area contributed by atoms with Crippen molar-refractivity contribution in [2.45, 2.75) is 59.2 Å². The van der Waals surface area contributed by atoms with Gasteiger partial charge in [0, 0.05) is 48.4 Å². The van der Waals surface area contributed by atoms with Gasteiger partial charge in [-0.2, -0.15) is 18.2 Å². The Balaban J connectivity index is 0.0000102. The molecule has 82 heavy (non-hydrogen) atoms. The molecule has 0 bridgehead atoms. The Hall–Kier alpha value is -8.67. The summed E-state index contributed by atoms with van der Waals surface area (Å²) in [6, 6.07) is 23.4. The van der Waals surface area contributed by atoms with E-state index in [1.165, 1.54) is 6.07 Å². The summed E-state index contributed by atoms with van der Waals surface area (Å²) in [5.41, 5.74) is 2.85. The number of rotatable bonds is 11. The fraction of sp³-hybridized carbons (Fsp3) is 0.120. The monoisotopic (exact) mass is 1280 g/mol. The summed E-state index contributed by atoms with van der Waals surface area (Å²) in [5, 5.41) is -2.26. The molecule has 0 radical (unpaired) electrons. The van der Waals surface area contributed by atoms with E-state index in [1.54, 1.807) is 76.0 Å². The van der Waals surface area contributed by atoms with E-state index in [1.807, 2.05) is 73.9 Å². The second kappa shape index (κ2) is 21.7. The smallest absolute Gasteiger partial charge is 0.268 e. The Morgan fingerprint density at radius 3 is 1.84 bits per heavy atom. The van der Waals surface area contributed by atoms with E-state index in [9.17, 15) is 13.7 Å². The van der Waals surface area contributed by atoms with Crippen LogP contribution in [0, 0.1) is 25.3 Å². The molecule has 3 heterocycles. The number of hydrogen-bond acceptors (Lipinski definition) is 2. The molecule has 10 aromatic carbocycles. The van der Waals surface area contributed by atoms with Gasteiger partial charge in [-0.05, 0) is 101 Å². The molecule has 0 amide bonds. The molecule has 0 atom stereocenters. The minimum atomic E-state index is -6.38. The summed E-state index contributed by atoms with van der Waals surface area (Å²) < 4.78 is 221. The molecule has 3 aromatic heterocycles. The first-order chi connectivity index (χ1) is 48.4. The minimum absolute atomic E-state index is 0. The van der Waals surface area contributed by atoms with Crippen molar-refractivity contribution >= 4 is 61.7 Å². The van der Waals surface area contributed by atoms with Crippen LogP contribution in [0.5, 0.6) is 11.5 Å². The Kier molecular flexibility index (Phi) is 8.96. The number of aryl methyl sites for hydroxylation is 1. The van der Waals surface area contributed by atoms with Crippen molar-refractivity contribution in [3.63, 3.8) is 0 Å². The molecule has 0 aliphatic rings. The fourth-order valence-corrected chi connectivity index (χ4v) is 14.1. The van der Waals surface area contributed by atoms with Gasteiger partial charge in [0.15, 0.2) is 8.07 Å². The number of ether oxygens (including phenoxy) is 1. The first-order valence-corrected chi connectivity index (χ1v) is 28.1. The van der Waals surface area contributed by atoms with Crippen molar-refractivity contribution in [1.29, 1.82) is 0 Å². The van der Waals surface area contributed by atoms with E-state index in [4.69, 9.17) is 26.2 Å². The molecule has 0 saturated heterocycles. The summed E-state index contributed by atoms with van der Waals surface area (Å²) >= 11 is 0. The summed E-state index contributed by atoms with van der Waals surface area (Å²) in [5.74, 6) is 1.25. The van der Waals surface area contributed by atoms with Gasteiger partial charge in [-0.15, -0.1) is 29.7 Å². The molecule has 0 fully saturated rings. The van der Waals surface area contributed by atoms with Crippen molar-refractivity contribution in [3.05, 3.63) is 284 Å². The number of hydrogen-bond donors (Lipinski definition) is 0. The van der Waals surface area contributed by atoms with E-state index in [2.05, 4.69) is 45.3 Å². The molecule has 0 saturated carbocycles. The predicted octanol–water partition coefficient (Wildman–Crippen LogP) is 15.2. The number of benzene rings is 10. The Bertz CT molecular complexity index is 5530. The van der Waals surface area contributed by atoms with Crippen LogP contribution in [0.3, 0.4) is 0 Å². The number of fused-ring (bicyclic) bond motifs is 4. The second-order valence-corrected chi connectivity index (χ2v) is 25.1. The Morgan fingerprint density at radius 2 is 1.16 bits per heavy atom. The first-order valence-electron chi connectivity index (χ1n) is 37.1. The predicted molar refractivity (Wildman–Crippen MR) is 337 cm³/mol. The number of pyridine rings is 1. The topological polar surface area (TPSA) is 35.9 Å². The summed E-state index contributed by atoms with van der Waals surface area (Å²) in [4.78, 5) is 4.82. The summed E-state index contributed by atoms with van der Waals surface area (Å²) in [6.07, 6.45) is 5.25. The van der Waals surface area contributed by atoms with Crippen LogP contribution in [0.1, 0.15) is 88.4 Å². The number of aromatic nitrogens is 4. The maximum Gasteiger partial charge on any atom is 0.268 e. The standard InChI is InChI=1S/C75H62N4OSi.Pt/c1-52-44-66(53-24-21-26-55(46-53)74(2,3)4)73(67(45-52)54-25-22-35-63(47-54)81(60-29-11-8-12-30-60,61-31-13-9-14-32-61)62-33-15-10-16-34-62)78-51-77(69-38-19-20-39-70(69)78)57-27-23-28-58(49-57)80-59-40-41-65-64-36-17-18-37-68(64)79(71(65)50-59)72-48-56(42-43-76-72)75(5,6)7;/h8-48H,1-7H3;/q-2;/i1D3,8D,9D,10D,11D,12D,13D,14D,15D,16D,22D,25D,29D,30D,31D,32D,33D,34D,35D,47D;. The van der Waals surface area contributed by atoms with Gasteiger partial charge in [-0.1, -0.05) is 246 Å². The molecule has 0 aliphatic carbocycles. The van der Waals surface area contributed by atoms with Crippen molar-refractivity contribution in [2.24, 2.45) is 0 Å². The normalized spacial score (nSPS) is 15.9. The average molecular weight is 1280 g/mol. The van der Waals surface area contributed by atoms with E-state index in [0.717, 1.165) is 33.5 Å². The van der Waals surface area contributed by atoms with E-state index in [-0.39, 0.29) is 49.0 Å².